The van der Waals surface area contributed by atoms with Crippen LogP contribution in [0.2, 0.25) is 0 Å². The maximum atomic E-state index is 12.3. The molecule has 0 aliphatic heterocycles. The Hall–Kier alpha value is -2.67. The molecular weight excluding hydrogens is 372 g/mol. The molecule has 6 nitrogen and oxygen atoms in total. The Morgan fingerprint density at radius 1 is 1.18 bits per heavy atom. The highest BCUT2D eigenvalue weighted by molar-refractivity contribution is 8.00. The van der Waals surface area contributed by atoms with E-state index in [1.165, 1.54) is 11.8 Å². The molecule has 0 N–H and O–H groups in total. The first-order valence-electron chi connectivity index (χ1n) is 9.54. The Morgan fingerprint density at radius 2 is 2.04 bits per heavy atom. The van der Waals surface area contributed by atoms with Crippen LogP contribution in [0.25, 0.3) is 17.1 Å². The lowest BCUT2D eigenvalue weighted by Gasteiger charge is -2.20. The molecule has 1 aromatic carbocycles. The second-order valence-electron chi connectivity index (χ2n) is 6.63. The first-order chi connectivity index (χ1) is 13.8. The van der Waals surface area contributed by atoms with Crippen molar-refractivity contribution >= 4 is 17.5 Å². The highest BCUT2D eigenvalue weighted by Gasteiger charge is 2.27. The van der Waals surface area contributed by atoms with Gasteiger partial charge in [-0.1, -0.05) is 18.2 Å². The maximum absolute atomic E-state index is 12.3. The largest absolute Gasteiger partial charge is 0.494 e. The van der Waals surface area contributed by atoms with E-state index in [0.29, 0.717) is 24.6 Å². The van der Waals surface area contributed by atoms with Gasteiger partial charge in [-0.2, -0.15) is 0 Å². The molecule has 1 saturated carbocycles. The summed E-state index contributed by atoms with van der Waals surface area (Å²) in [5, 5.41) is 9.51. The third-order valence-corrected chi connectivity index (χ3v) is 5.96. The van der Waals surface area contributed by atoms with Gasteiger partial charge in [0.25, 0.3) is 0 Å². The van der Waals surface area contributed by atoms with Gasteiger partial charge in [0, 0.05) is 30.1 Å². The maximum Gasteiger partial charge on any atom is 0.196 e. The van der Waals surface area contributed by atoms with E-state index < -0.39 is 0 Å². The van der Waals surface area contributed by atoms with E-state index in [1.54, 1.807) is 12.4 Å². The van der Waals surface area contributed by atoms with Crippen molar-refractivity contribution in [3.63, 3.8) is 0 Å². The number of hydrogen-bond acceptors (Lipinski definition) is 6. The molecule has 28 heavy (non-hydrogen) atoms. The van der Waals surface area contributed by atoms with Crippen molar-refractivity contribution in [2.75, 3.05) is 6.61 Å². The summed E-state index contributed by atoms with van der Waals surface area (Å²) < 4.78 is 7.56. The van der Waals surface area contributed by atoms with Crippen LogP contribution in [-0.2, 0) is 4.79 Å². The average molecular weight is 394 g/mol. The summed E-state index contributed by atoms with van der Waals surface area (Å²) in [6.45, 7) is 2.59. The Bertz CT molecular complexity index is 941. The fourth-order valence-electron chi connectivity index (χ4n) is 3.32. The summed E-state index contributed by atoms with van der Waals surface area (Å²) in [4.78, 5) is 16.5. The van der Waals surface area contributed by atoms with Crippen LogP contribution in [0.1, 0.15) is 32.6 Å². The number of hydrogen-bond donors (Lipinski definition) is 0. The zero-order valence-electron chi connectivity index (χ0n) is 15.7. The van der Waals surface area contributed by atoms with Crippen LogP contribution in [0.4, 0.5) is 0 Å². The number of benzene rings is 1. The minimum Gasteiger partial charge on any atom is -0.494 e. The minimum atomic E-state index is -0.0545. The molecule has 0 saturated heterocycles. The molecule has 0 unspecified atom stereocenters. The summed E-state index contributed by atoms with van der Waals surface area (Å²) in [5.74, 6) is 1.84. The molecule has 7 heteroatoms. The van der Waals surface area contributed by atoms with Gasteiger partial charge in [0.15, 0.2) is 11.0 Å². The lowest BCUT2D eigenvalue weighted by Crippen LogP contribution is -2.21. The molecule has 2 aromatic heterocycles. The molecule has 0 amide bonds. The number of ketones is 1. The lowest BCUT2D eigenvalue weighted by molar-refractivity contribution is -0.119. The number of carbonyl (C=O) groups is 1. The number of Topliss-reactive ketones (excluding diaryl/α,β-unsaturated/α-hetero) is 1. The molecule has 0 bridgehead atoms. The molecular formula is C21H22N4O2S. The van der Waals surface area contributed by atoms with Gasteiger partial charge in [0.05, 0.1) is 11.9 Å². The van der Waals surface area contributed by atoms with Crippen LogP contribution in [0.5, 0.6) is 5.75 Å². The second-order valence-corrected chi connectivity index (χ2v) is 7.80. The summed E-state index contributed by atoms with van der Waals surface area (Å²) in [7, 11) is 0. The Morgan fingerprint density at radius 3 is 2.75 bits per heavy atom. The van der Waals surface area contributed by atoms with Gasteiger partial charge in [0.1, 0.15) is 11.5 Å². The van der Waals surface area contributed by atoms with Crippen LogP contribution in [0.15, 0.2) is 53.9 Å². The third kappa shape index (κ3) is 3.94. The SMILES string of the molecule is CCOc1ccc(-n2c(S[C@H]3CCCCC3=O)nnc2-c2cccnc2)cc1. The number of ether oxygens (including phenoxy) is 1. The topological polar surface area (TPSA) is 69.9 Å². The molecule has 0 spiro atoms. The summed E-state index contributed by atoms with van der Waals surface area (Å²) >= 11 is 1.51. The summed E-state index contributed by atoms with van der Waals surface area (Å²) in [5.41, 5.74) is 1.81. The quantitative estimate of drug-likeness (QED) is 0.620. The molecule has 0 radical (unpaired) electrons. The highest BCUT2D eigenvalue weighted by atomic mass is 32.2. The van der Waals surface area contributed by atoms with Crippen molar-refractivity contribution in [1.82, 2.24) is 19.7 Å². The monoisotopic (exact) mass is 394 g/mol. The normalized spacial score (nSPS) is 16.9. The number of aromatic nitrogens is 4. The standard InChI is InChI=1S/C21H22N4O2S/c1-2-27-17-11-9-16(10-12-17)25-20(15-6-5-13-22-14-15)23-24-21(25)28-19-8-4-3-7-18(19)26/h5-6,9-14,19H,2-4,7-8H2,1H3/t19-/m0/s1. The predicted molar refractivity (Wildman–Crippen MR) is 109 cm³/mol. The van der Waals surface area contributed by atoms with Crippen molar-refractivity contribution < 1.29 is 9.53 Å². The number of carbonyl (C=O) groups excluding carboxylic acids is 1. The van der Waals surface area contributed by atoms with Gasteiger partial charge < -0.3 is 4.74 Å². The predicted octanol–water partition coefficient (Wildman–Crippen LogP) is 4.33. The Kier molecular flexibility index (Phi) is 5.71. The fourth-order valence-corrected chi connectivity index (χ4v) is 4.50. The molecule has 1 aliphatic rings. The van der Waals surface area contributed by atoms with Gasteiger partial charge in [-0.05, 0) is 56.2 Å². The number of rotatable bonds is 6. The van der Waals surface area contributed by atoms with Crippen LogP contribution in [0.3, 0.4) is 0 Å². The highest BCUT2D eigenvalue weighted by Crippen LogP contribution is 2.34. The fraction of sp³-hybridized carbons (Fsp3) is 0.333. The summed E-state index contributed by atoms with van der Waals surface area (Å²) in [6.07, 6.45) is 7.12. The molecule has 4 rings (SSSR count). The van der Waals surface area contributed by atoms with E-state index in [0.717, 1.165) is 41.4 Å². The molecule has 1 fully saturated rings. The molecule has 2 heterocycles. The van der Waals surface area contributed by atoms with Gasteiger partial charge in [-0.15, -0.1) is 10.2 Å². The van der Waals surface area contributed by atoms with Crippen molar-refractivity contribution in [3.05, 3.63) is 48.8 Å². The van der Waals surface area contributed by atoms with Crippen LogP contribution in [-0.4, -0.2) is 37.4 Å². The Balaban J connectivity index is 1.74. The van der Waals surface area contributed by atoms with E-state index in [-0.39, 0.29) is 5.25 Å². The smallest absolute Gasteiger partial charge is 0.196 e. The number of pyridine rings is 1. The molecule has 1 atom stereocenters. The van der Waals surface area contributed by atoms with E-state index in [1.807, 2.05) is 47.9 Å². The van der Waals surface area contributed by atoms with Crippen molar-refractivity contribution in [2.45, 2.75) is 43.0 Å². The van der Waals surface area contributed by atoms with Crippen LogP contribution in [0, 0.1) is 0 Å². The molecule has 144 valence electrons. The van der Waals surface area contributed by atoms with E-state index in [4.69, 9.17) is 4.74 Å². The van der Waals surface area contributed by atoms with Gasteiger partial charge in [0.2, 0.25) is 0 Å². The van der Waals surface area contributed by atoms with Crippen molar-refractivity contribution in [3.8, 4) is 22.8 Å². The number of nitrogens with zero attached hydrogens (tertiary/aromatic N) is 4. The van der Waals surface area contributed by atoms with E-state index in [2.05, 4.69) is 15.2 Å². The molecule has 3 aromatic rings. The van der Waals surface area contributed by atoms with Gasteiger partial charge in [-0.3, -0.25) is 14.3 Å². The minimum absolute atomic E-state index is 0.0545. The van der Waals surface area contributed by atoms with E-state index >= 15 is 0 Å². The zero-order chi connectivity index (χ0) is 19.3. The Labute approximate surface area is 168 Å². The van der Waals surface area contributed by atoms with Gasteiger partial charge in [-0.25, -0.2) is 0 Å². The number of thioether (sulfide) groups is 1. The first-order valence-corrected chi connectivity index (χ1v) is 10.4. The second kappa shape index (κ2) is 8.56. The van der Waals surface area contributed by atoms with Gasteiger partial charge >= 0.3 is 0 Å². The van der Waals surface area contributed by atoms with Crippen molar-refractivity contribution in [2.24, 2.45) is 0 Å². The van der Waals surface area contributed by atoms with E-state index in [9.17, 15) is 4.79 Å². The third-order valence-electron chi connectivity index (χ3n) is 4.71. The van der Waals surface area contributed by atoms with Crippen molar-refractivity contribution in [1.29, 1.82) is 0 Å². The zero-order valence-corrected chi connectivity index (χ0v) is 16.6. The average Bonchev–Trinajstić information content (AvgIpc) is 3.15. The lowest BCUT2D eigenvalue weighted by atomic mass is 9.99. The first kappa shape index (κ1) is 18.7. The van der Waals surface area contributed by atoms with Crippen LogP contribution >= 0.6 is 11.8 Å². The summed E-state index contributed by atoms with van der Waals surface area (Å²) in [6, 6.07) is 11.7. The molecule has 1 aliphatic carbocycles. The van der Waals surface area contributed by atoms with Crippen LogP contribution < -0.4 is 4.74 Å².